The average molecular weight is 474 g/mol. The van der Waals surface area contributed by atoms with Gasteiger partial charge in [0.15, 0.2) is 11.5 Å². The normalized spacial score (nSPS) is 11.4. The fraction of sp³-hybridized carbons (Fsp3) is 0.231. The number of benzene rings is 2. The van der Waals surface area contributed by atoms with Gasteiger partial charge in [0.1, 0.15) is 11.5 Å². The topological polar surface area (TPSA) is 74.4 Å². The number of nitrogens with zero attached hydrogens (tertiary/aromatic N) is 5. The predicted molar refractivity (Wildman–Crippen MR) is 133 cm³/mol. The Hall–Kier alpha value is -3.71. The van der Waals surface area contributed by atoms with Gasteiger partial charge in [-0.3, -0.25) is 9.38 Å². The summed E-state index contributed by atoms with van der Waals surface area (Å²) in [5.41, 5.74) is 4.97. The van der Waals surface area contributed by atoms with Crippen LogP contribution in [0.2, 0.25) is 5.02 Å². The van der Waals surface area contributed by atoms with Crippen LogP contribution in [0.4, 0.5) is 0 Å². The van der Waals surface area contributed by atoms with Crippen molar-refractivity contribution in [3.05, 3.63) is 77.2 Å². The predicted octanol–water partition coefficient (Wildman–Crippen LogP) is 5.71. The van der Waals surface area contributed by atoms with Gasteiger partial charge >= 0.3 is 0 Å². The highest BCUT2D eigenvalue weighted by Crippen LogP contribution is 2.33. The van der Waals surface area contributed by atoms with Crippen LogP contribution in [0, 0.1) is 6.92 Å². The van der Waals surface area contributed by atoms with Crippen molar-refractivity contribution in [2.24, 2.45) is 0 Å². The van der Waals surface area contributed by atoms with Crippen molar-refractivity contribution in [1.82, 2.24) is 24.6 Å². The molecule has 0 aliphatic rings. The third-order valence-electron chi connectivity index (χ3n) is 5.40. The molecule has 3 heterocycles. The van der Waals surface area contributed by atoms with E-state index in [1.165, 1.54) is 0 Å². The first-order valence-electron chi connectivity index (χ1n) is 11.1. The molecule has 0 bridgehead atoms. The molecule has 0 radical (unpaired) electrons. The van der Waals surface area contributed by atoms with Crippen LogP contribution in [-0.2, 0) is 6.42 Å². The maximum absolute atomic E-state index is 6.59. The summed E-state index contributed by atoms with van der Waals surface area (Å²) >= 11 is 6.59. The van der Waals surface area contributed by atoms with E-state index in [1.54, 1.807) is 6.20 Å². The van der Waals surface area contributed by atoms with Crippen LogP contribution in [0.5, 0.6) is 11.5 Å². The average Bonchev–Trinajstić information content (AvgIpc) is 3.27. The molecule has 34 heavy (non-hydrogen) atoms. The molecule has 0 aliphatic heterocycles. The molecule has 0 fully saturated rings. The van der Waals surface area contributed by atoms with E-state index >= 15 is 0 Å². The van der Waals surface area contributed by atoms with Gasteiger partial charge in [-0.2, -0.15) is 0 Å². The summed E-state index contributed by atoms with van der Waals surface area (Å²) in [7, 11) is 0. The molecular weight excluding hydrogens is 450 g/mol. The van der Waals surface area contributed by atoms with Crippen molar-refractivity contribution >= 4 is 28.3 Å². The summed E-state index contributed by atoms with van der Waals surface area (Å²) in [6, 6.07) is 15.4. The molecule has 8 heteroatoms. The summed E-state index contributed by atoms with van der Waals surface area (Å²) in [4.78, 5) is 8.87. The molecule has 172 valence electrons. The van der Waals surface area contributed by atoms with Gasteiger partial charge in [0.05, 0.1) is 34.5 Å². The molecule has 0 amide bonds. The Bertz CT molecular complexity index is 1470. The van der Waals surface area contributed by atoms with Crippen LogP contribution >= 0.6 is 11.6 Å². The third kappa shape index (κ3) is 4.39. The minimum Gasteiger partial charge on any atom is -0.493 e. The van der Waals surface area contributed by atoms with Crippen LogP contribution in [0.3, 0.4) is 0 Å². The number of pyridine rings is 1. The maximum atomic E-state index is 6.59. The molecule has 0 aliphatic carbocycles. The largest absolute Gasteiger partial charge is 0.493 e. The van der Waals surface area contributed by atoms with Crippen LogP contribution in [0.1, 0.15) is 25.1 Å². The highest BCUT2D eigenvalue weighted by Gasteiger charge is 2.18. The lowest BCUT2D eigenvalue weighted by Crippen LogP contribution is -2.05. The SMILES string of the molecule is Cc1nc2ccc(OCCc3cccnc3)cc2n2c(-c3cc(OC(C)C)ccc3Cl)nnc12. The molecule has 0 saturated carbocycles. The maximum Gasteiger partial charge on any atom is 0.183 e. The van der Waals surface area contributed by atoms with E-state index in [9.17, 15) is 0 Å². The van der Waals surface area contributed by atoms with Gasteiger partial charge in [0.2, 0.25) is 0 Å². The van der Waals surface area contributed by atoms with Gasteiger partial charge < -0.3 is 9.47 Å². The van der Waals surface area contributed by atoms with E-state index in [2.05, 4.69) is 15.2 Å². The Labute approximate surface area is 202 Å². The van der Waals surface area contributed by atoms with Crippen molar-refractivity contribution in [3.8, 4) is 22.9 Å². The summed E-state index contributed by atoms with van der Waals surface area (Å²) < 4.78 is 13.9. The summed E-state index contributed by atoms with van der Waals surface area (Å²) in [5, 5.41) is 9.45. The monoisotopic (exact) mass is 473 g/mol. The highest BCUT2D eigenvalue weighted by atomic mass is 35.5. The van der Waals surface area contributed by atoms with Gasteiger partial charge in [-0.1, -0.05) is 17.7 Å². The molecule has 3 aromatic heterocycles. The summed E-state index contributed by atoms with van der Waals surface area (Å²) in [5.74, 6) is 2.09. The molecule has 0 spiro atoms. The van der Waals surface area contributed by atoms with Gasteiger partial charge in [-0.05, 0) is 62.7 Å². The number of aryl methyl sites for hydroxylation is 1. The fourth-order valence-electron chi connectivity index (χ4n) is 3.87. The van der Waals surface area contributed by atoms with Crippen molar-refractivity contribution in [3.63, 3.8) is 0 Å². The molecule has 5 rings (SSSR count). The number of halogens is 1. The lowest BCUT2D eigenvalue weighted by Gasteiger charge is -2.13. The van der Waals surface area contributed by atoms with Crippen molar-refractivity contribution in [2.75, 3.05) is 6.61 Å². The van der Waals surface area contributed by atoms with Crippen molar-refractivity contribution in [1.29, 1.82) is 0 Å². The lowest BCUT2D eigenvalue weighted by molar-refractivity contribution is 0.242. The Kier molecular flexibility index (Phi) is 6.02. The molecule has 0 saturated heterocycles. The molecule has 0 unspecified atom stereocenters. The van der Waals surface area contributed by atoms with Crippen LogP contribution in [-0.4, -0.2) is 37.3 Å². The smallest absolute Gasteiger partial charge is 0.183 e. The van der Waals surface area contributed by atoms with Gasteiger partial charge in [0, 0.05) is 30.4 Å². The third-order valence-corrected chi connectivity index (χ3v) is 5.72. The van der Waals surface area contributed by atoms with E-state index in [0.29, 0.717) is 23.1 Å². The number of hydrogen-bond donors (Lipinski definition) is 0. The Morgan fingerprint density at radius 1 is 1.03 bits per heavy atom. The Morgan fingerprint density at radius 3 is 2.68 bits per heavy atom. The van der Waals surface area contributed by atoms with E-state index < -0.39 is 0 Å². The first-order valence-corrected chi connectivity index (χ1v) is 11.5. The number of fused-ring (bicyclic) bond motifs is 3. The summed E-state index contributed by atoms with van der Waals surface area (Å²) in [6.07, 6.45) is 4.43. The number of rotatable bonds is 7. The zero-order valence-corrected chi connectivity index (χ0v) is 20.0. The zero-order valence-electron chi connectivity index (χ0n) is 19.2. The number of aromatic nitrogens is 5. The second kappa shape index (κ2) is 9.27. The zero-order chi connectivity index (χ0) is 23.7. The van der Waals surface area contributed by atoms with Gasteiger partial charge in [-0.15, -0.1) is 10.2 Å². The lowest BCUT2D eigenvalue weighted by atomic mass is 10.2. The second-order valence-corrected chi connectivity index (χ2v) is 8.71. The Morgan fingerprint density at radius 2 is 1.88 bits per heavy atom. The van der Waals surface area contributed by atoms with Crippen molar-refractivity contribution < 1.29 is 9.47 Å². The molecule has 2 aromatic carbocycles. The van der Waals surface area contributed by atoms with Gasteiger partial charge in [-0.25, -0.2) is 4.98 Å². The van der Waals surface area contributed by atoms with Gasteiger partial charge in [0.25, 0.3) is 0 Å². The number of ether oxygens (including phenoxy) is 2. The molecule has 7 nitrogen and oxygen atoms in total. The van der Waals surface area contributed by atoms with E-state index in [-0.39, 0.29) is 6.10 Å². The minimum absolute atomic E-state index is 0.0443. The Balaban J connectivity index is 1.56. The van der Waals surface area contributed by atoms with E-state index in [0.717, 1.165) is 45.8 Å². The molecule has 0 N–H and O–H groups in total. The first-order chi connectivity index (χ1) is 16.5. The quantitative estimate of drug-likeness (QED) is 0.301. The molecule has 5 aromatic rings. The first kappa shape index (κ1) is 22.1. The van der Waals surface area contributed by atoms with Crippen LogP contribution in [0.15, 0.2) is 60.9 Å². The minimum atomic E-state index is 0.0443. The fourth-order valence-corrected chi connectivity index (χ4v) is 4.07. The molecular formula is C26H24ClN5O2. The molecule has 0 atom stereocenters. The van der Waals surface area contributed by atoms with Crippen LogP contribution in [0.25, 0.3) is 28.1 Å². The van der Waals surface area contributed by atoms with E-state index in [1.807, 2.05) is 79.9 Å². The van der Waals surface area contributed by atoms with E-state index in [4.69, 9.17) is 26.1 Å². The van der Waals surface area contributed by atoms with Crippen LogP contribution < -0.4 is 9.47 Å². The number of hydrogen-bond acceptors (Lipinski definition) is 6. The van der Waals surface area contributed by atoms with Crippen molar-refractivity contribution in [2.45, 2.75) is 33.3 Å². The second-order valence-electron chi connectivity index (χ2n) is 8.30. The summed E-state index contributed by atoms with van der Waals surface area (Å²) in [6.45, 7) is 6.43. The highest BCUT2D eigenvalue weighted by molar-refractivity contribution is 6.33. The standard InChI is InChI=1S/C26H24ClN5O2/c1-16(2)34-20-6-8-22(27)21(13-20)26-31-30-25-17(3)29-23-9-7-19(14-24(23)32(25)26)33-12-10-18-5-4-11-28-15-18/h4-9,11,13-16H,10,12H2,1-3H3.